The van der Waals surface area contributed by atoms with Crippen LogP contribution in [0.2, 0.25) is 0 Å². The number of Topliss-reactive ketones (excluding diaryl/α,β-unsaturated/α-hetero) is 1. The molecule has 0 radical (unpaired) electrons. The number of hydrogen-bond donors (Lipinski definition) is 1. The zero-order valence-electron chi connectivity index (χ0n) is 3.58. The van der Waals surface area contributed by atoms with E-state index >= 15 is 0 Å². The minimum absolute atomic E-state index is 1.93. The topological polar surface area (TPSA) is 94.5 Å². The van der Waals surface area contributed by atoms with Crippen molar-refractivity contribution in [1.29, 1.82) is 0 Å². The Balaban J connectivity index is 4.05. The SMILES string of the molecule is O=C([O-])C(=O)C(=O)O. The first-order valence-electron chi connectivity index (χ1n) is 1.54. The van der Waals surface area contributed by atoms with Crippen LogP contribution in [-0.2, 0) is 14.4 Å². The number of carbonyl (C=O) groups is 3. The highest BCUT2D eigenvalue weighted by Gasteiger charge is 2.10. The maximum atomic E-state index is 9.58. The first kappa shape index (κ1) is 6.61. The van der Waals surface area contributed by atoms with Crippen molar-refractivity contribution in [2.24, 2.45) is 0 Å². The van der Waals surface area contributed by atoms with E-state index in [4.69, 9.17) is 5.11 Å². The smallest absolute Gasteiger partial charge is 0.378 e. The molecule has 0 aliphatic heterocycles. The molecule has 0 atom stereocenters. The Kier molecular flexibility index (Phi) is 1.70. The van der Waals surface area contributed by atoms with Crippen LogP contribution >= 0.6 is 0 Å². The van der Waals surface area contributed by atoms with E-state index in [1.807, 2.05) is 0 Å². The Bertz CT molecular complexity index is 130. The van der Waals surface area contributed by atoms with Crippen LogP contribution in [0.4, 0.5) is 0 Å². The number of aliphatic carboxylic acids is 2. The predicted molar refractivity (Wildman–Crippen MR) is 17.6 cm³/mol. The average molecular weight is 117 g/mol. The summed E-state index contributed by atoms with van der Waals surface area (Å²) in [6.45, 7) is 0. The van der Waals surface area contributed by atoms with E-state index < -0.39 is 17.7 Å². The van der Waals surface area contributed by atoms with Gasteiger partial charge in [-0.25, -0.2) is 4.79 Å². The molecular formula is C3HO5-. The van der Waals surface area contributed by atoms with Crippen molar-refractivity contribution in [1.82, 2.24) is 0 Å². The fraction of sp³-hybridized carbons (Fsp3) is 0. The highest BCUT2D eigenvalue weighted by molar-refractivity contribution is 6.58. The van der Waals surface area contributed by atoms with Crippen molar-refractivity contribution in [2.45, 2.75) is 0 Å². The molecule has 0 aliphatic carbocycles. The molecule has 1 N–H and O–H groups in total. The molecule has 0 aromatic rings. The van der Waals surface area contributed by atoms with Crippen molar-refractivity contribution >= 4 is 17.7 Å². The van der Waals surface area contributed by atoms with Crippen molar-refractivity contribution in [2.75, 3.05) is 0 Å². The second-order valence-corrected chi connectivity index (χ2v) is 0.922. The molecule has 0 rings (SSSR count). The van der Waals surface area contributed by atoms with E-state index in [0.717, 1.165) is 0 Å². The fourth-order valence-corrected chi connectivity index (χ4v) is 0.0873. The number of carbonyl (C=O) groups excluding carboxylic acids is 2. The van der Waals surface area contributed by atoms with Gasteiger partial charge in [-0.3, -0.25) is 4.79 Å². The zero-order chi connectivity index (χ0) is 6.73. The lowest BCUT2D eigenvalue weighted by Gasteiger charge is -1.90. The Morgan fingerprint density at radius 1 is 1.25 bits per heavy atom. The molecule has 0 spiro atoms. The van der Waals surface area contributed by atoms with E-state index in [1.54, 1.807) is 0 Å². The van der Waals surface area contributed by atoms with Gasteiger partial charge in [0.1, 0.15) is 5.97 Å². The molecule has 0 unspecified atom stereocenters. The van der Waals surface area contributed by atoms with Crippen molar-refractivity contribution < 1.29 is 24.6 Å². The number of hydrogen-bond acceptors (Lipinski definition) is 4. The van der Waals surface area contributed by atoms with Gasteiger partial charge in [-0.15, -0.1) is 0 Å². The minimum atomic E-state index is -2.20. The summed E-state index contributed by atoms with van der Waals surface area (Å²) in [4.78, 5) is 28.3. The summed E-state index contributed by atoms with van der Waals surface area (Å²) in [6, 6.07) is 0. The molecule has 0 saturated carbocycles. The summed E-state index contributed by atoms with van der Waals surface area (Å²) in [5.41, 5.74) is 0. The molecule has 44 valence electrons. The number of ketones is 1. The van der Waals surface area contributed by atoms with Gasteiger partial charge in [0, 0.05) is 0 Å². The lowest BCUT2D eigenvalue weighted by atomic mass is 10.4. The molecule has 0 heterocycles. The van der Waals surface area contributed by atoms with Gasteiger partial charge in [0.2, 0.25) is 0 Å². The first-order valence-corrected chi connectivity index (χ1v) is 1.54. The second kappa shape index (κ2) is 2.06. The summed E-state index contributed by atoms with van der Waals surface area (Å²) >= 11 is 0. The monoisotopic (exact) mass is 117 g/mol. The lowest BCUT2D eigenvalue weighted by molar-refractivity contribution is -0.299. The van der Waals surface area contributed by atoms with Crippen LogP contribution in [0.1, 0.15) is 0 Å². The third-order valence-corrected chi connectivity index (χ3v) is 0.380. The fourth-order valence-electron chi connectivity index (χ4n) is 0.0873. The molecule has 0 saturated heterocycles. The normalized spacial score (nSPS) is 8.00. The minimum Gasteiger partial charge on any atom is -0.541 e. The maximum Gasteiger partial charge on any atom is 0.378 e. The Labute approximate surface area is 43.5 Å². The summed E-state index contributed by atoms with van der Waals surface area (Å²) in [7, 11) is 0. The van der Waals surface area contributed by atoms with E-state index in [2.05, 4.69) is 0 Å². The van der Waals surface area contributed by atoms with Crippen LogP contribution < -0.4 is 5.11 Å². The standard InChI is InChI=1S/C3H2O5/c4-1(2(5)6)3(7)8/h(H,5,6)(H,7,8)/p-1. The Hall–Kier alpha value is -1.39. The van der Waals surface area contributed by atoms with Gasteiger partial charge in [0.25, 0.3) is 5.78 Å². The molecule has 5 heteroatoms. The highest BCUT2D eigenvalue weighted by Crippen LogP contribution is 1.65. The van der Waals surface area contributed by atoms with Crippen LogP contribution in [0, 0.1) is 0 Å². The molecule has 0 aliphatic rings. The quantitative estimate of drug-likeness (QED) is 0.316. The van der Waals surface area contributed by atoms with E-state index in [1.165, 1.54) is 0 Å². The molecule has 5 nitrogen and oxygen atoms in total. The summed E-state index contributed by atoms with van der Waals surface area (Å²) < 4.78 is 0. The van der Waals surface area contributed by atoms with Gasteiger partial charge in [0.15, 0.2) is 0 Å². The van der Waals surface area contributed by atoms with Gasteiger partial charge < -0.3 is 15.0 Å². The molecule has 0 bridgehead atoms. The van der Waals surface area contributed by atoms with Crippen LogP contribution in [-0.4, -0.2) is 22.8 Å². The predicted octanol–water partition coefficient (Wildman–Crippen LogP) is -2.61. The summed E-state index contributed by atoms with van der Waals surface area (Å²) in [5, 5.41) is 16.9. The molecule has 0 amide bonds. The lowest BCUT2D eigenvalue weighted by Crippen LogP contribution is -2.36. The van der Waals surface area contributed by atoms with Crippen LogP contribution in [0.25, 0.3) is 0 Å². The zero-order valence-corrected chi connectivity index (χ0v) is 3.58. The van der Waals surface area contributed by atoms with Gasteiger partial charge in [-0.05, 0) is 0 Å². The molecule has 0 aromatic heterocycles. The van der Waals surface area contributed by atoms with E-state index in [0.29, 0.717) is 0 Å². The third kappa shape index (κ3) is 1.38. The Morgan fingerprint density at radius 3 is 1.62 bits per heavy atom. The summed E-state index contributed by atoms with van der Waals surface area (Å²) in [5.74, 6) is -6.13. The number of carboxylic acids is 2. The molecule has 0 fully saturated rings. The number of rotatable bonds is 2. The van der Waals surface area contributed by atoms with Crippen molar-refractivity contribution in [3.05, 3.63) is 0 Å². The maximum absolute atomic E-state index is 9.58. The van der Waals surface area contributed by atoms with Crippen molar-refractivity contribution in [3.8, 4) is 0 Å². The van der Waals surface area contributed by atoms with Gasteiger partial charge in [-0.2, -0.15) is 0 Å². The van der Waals surface area contributed by atoms with E-state index in [9.17, 15) is 19.5 Å². The third-order valence-electron chi connectivity index (χ3n) is 0.380. The van der Waals surface area contributed by atoms with Crippen LogP contribution in [0.5, 0.6) is 0 Å². The second-order valence-electron chi connectivity index (χ2n) is 0.922. The van der Waals surface area contributed by atoms with Gasteiger partial charge >= 0.3 is 5.97 Å². The average Bonchev–Trinajstić information content (AvgIpc) is 1.64. The van der Waals surface area contributed by atoms with Gasteiger partial charge in [-0.1, -0.05) is 0 Å². The first-order chi connectivity index (χ1) is 3.55. The molecular weight excluding hydrogens is 116 g/mol. The van der Waals surface area contributed by atoms with Crippen molar-refractivity contribution in [3.63, 3.8) is 0 Å². The van der Waals surface area contributed by atoms with Gasteiger partial charge in [0.05, 0.1) is 0 Å². The molecule has 8 heavy (non-hydrogen) atoms. The molecule has 0 aromatic carbocycles. The van der Waals surface area contributed by atoms with Crippen LogP contribution in [0.3, 0.4) is 0 Å². The van der Waals surface area contributed by atoms with Crippen LogP contribution in [0.15, 0.2) is 0 Å². The summed E-state index contributed by atoms with van der Waals surface area (Å²) in [6.07, 6.45) is 0. The highest BCUT2D eigenvalue weighted by atomic mass is 16.4. The Morgan fingerprint density at radius 2 is 1.62 bits per heavy atom. The van der Waals surface area contributed by atoms with E-state index in [-0.39, 0.29) is 0 Å². The number of carboxylic acid groups (broad SMARTS) is 2. The largest absolute Gasteiger partial charge is 0.541 e.